The largest absolute Gasteiger partial charge is 0.380 e. The summed E-state index contributed by atoms with van der Waals surface area (Å²) in [6.07, 6.45) is 1.80. The summed E-state index contributed by atoms with van der Waals surface area (Å²) in [6, 6.07) is 19.2. The fourth-order valence-corrected chi connectivity index (χ4v) is 3.96. The highest BCUT2D eigenvalue weighted by Gasteiger charge is 2.14. The minimum atomic E-state index is -0.177. The lowest BCUT2D eigenvalue weighted by atomic mass is 10.1. The van der Waals surface area contributed by atoms with Crippen molar-refractivity contribution >= 4 is 51.2 Å². The highest BCUT2D eigenvalue weighted by atomic mass is 32.1. The number of anilines is 2. The molecule has 32 heavy (non-hydrogen) atoms. The number of guanidine groups is 1. The smallest absolute Gasteiger partial charge is 0.267 e. The average molecular weight is 445 g/mol. The molecule has 8 heteroatoms. The van der Waals surface area contributed by atoms with Crippen LogP contribution < -0.4 is 16.4 Å². The van der Waals surface area contributed by atoms with Gasteiger partial charge in [0, 0.05) is 37.9 Å². The Labute approximate surface area is 190 Å². The number of pyridine rings is 1. The molecule has 0 saturated carbocycles. The van der Waals surface area contributed by atoms with E-state index in [0.29, 0.717) is 28.8 Å². The van der Waals surface area contributed by atoms with Gasteiger partial charge in [-0.15, -0.1) is 11.3 Å². The maximum absolute atomic E-state index is 12.9. The Morgan fingerprint density at radius 1 is 1.12 bits per heavy atom. The minimum Gasteiger partial charge on any atom is -0.380 e. The third-order valence-electron chi connectivity index (χ3n) is 4.89. The van der Waals surface area contributed by atoms with Crippen LogP contribution in [0.4, 0.5) is 17.1 Å². The van der Waals surface area contributed by atoms with Gasteiger partial charge in [-0.3, -0.25) is 9.78 Å². The Kier molecular flexibility index (Phi) is 6.32. The number of thiophene rings is 1. The summed E-state index contributed by atoms with van der Waals surface area (Å²) in [5, 5.41) is 9.35. The second-order valence-corrected chi connectivity index (χ2v) is 8.29. The summed E-state index contributed by atoms with van der Waals surface area (Å²) in [5.41, 5.74) is 10.1. The topological polar surface area (TPSA) is 95.6 Å². The molecular formula is C24H24N6OS. The molecule has 0 atom stereocenters. The molecular weight excluding hydrogens is 420 g/mol. The number of nitrogens with zero attached hydrogens (tertiary/aromatic N) is 3. The van der Waals surface area contributed by atoms with Crippen LogP contribution in [-0.2, 0) is 6.54 Å². The summed E-state index contributed by atoms with van der Waals surface area (Å²) < 4.78 is 0. The number of nitrogens with two attached hydrogens (primary N) is 1. The normalized spacial score (nSPS) is 11.4. The molecule has 7 nitrogen and oxygen atoms in total. The maximum Gasteiger partial charge on any atom is 0.267 e. The van der Waals surface area contributed by atoms with Crippen molar-refractivity contribution in [1.29, 1.82) is 0 Å². The van der Waals surface area contributed by atoms with E-state index in [4.69, 9.17) is 5.73 Å². The average Bonchev–Trinajstić information content (AvgIpc) is 3.26. The van der Waals surface area contributed by atoms with Crippen molar-refractivity contribution in [3.05, 3.63) is 82.7 Å². The molecule has 2 heterocycles. The Balaban J connectivity index is 1.48. The van der Waals surface area contributed by atoms with E-state index >= 15 is 0 Å². The fourth-order valence-electron chi connectivity index (χ4n) is 3.20. The van der Waals surface area contributed by atoms with E-state index in [1.165, 1.54) is 11.3 Å². The number of amides is 1. The van der Waals surface area contributed by atoms with Crippen LogP contribution in [0.5, 0.6) is 0 Å². The third-order valence-corrected chi connectivity index (χ3v) is 5.80. The Morgan fingerprint density at radius 2 is 1.97 bits per heavy atom. The molecule has 0 spiro atoms. The first kappa shape index (κ1) is 21.3. The van der Waals surface area contributed by atoms with Crippen LogP contribution in [0.25, 0.3) is 10.9 Å². The van der Waals surface area contributed by atoms with Crippen LogP contribution in [0, 0.1) is 0 Å². The molecule has 0 unspecified atom stereocenters. The number of para-hydroxylation sites is 1. The van der Waals surface area contributed by atoms with Gasteiger partial charge in [-0.1, -0.05) is 24.3 Å². The van der Waals surface area contributed by atoms with Gasteiger partial charge in [-0.05, 0) is 47.3 Å². The number of rotatable bonds is 6. The Hall–Kier alpha value is -3.91. The molecule has 4 rings (SSSR count). The number of benzene rings is 2. The quantitative estimate of drug-likeness (QED) is 0.297. The van der Waals surface area contributed by atoms with Crippen LogP contribution in [0.15, 0.2) is 77.2 Å². The van der Waals surface area contributed by atoms with Crippen LogP contribution in [0.2, 0.25) is 0 Å². The molecule has 0 aliphatic rings. The van der Waals surface area contributed by atoms with Gasteiger partial charge < -0.3 is 21.3 Å². The van der Waals surface area contributed by atoms with Crippen molar-refractivity contribution in [2.24, 2.45) is 10.7 Å². The maximum atomic E-state index is 12.9. The molecule has 0 bridgehead atoms. The third kappa shape index (κ3) is 4.87. The van der Waals surface area contributed by atoms with E-state index in [2.05, 4.69) is 26.7 Å². The predicted molar refractivity (Wildman–Crippen MR) is 133 cm³/mol. The number of hydrogen-bond donors (Lipinski definition) is 3. The number of hydrogen-bond acceptors (Lipinski definition) is 5. The predicted octanol–water partition coefficient (Wildman–Crippen LogP) is 4.67. The van der Waals surface area contributed by atoms with Gasteiger partial charge in [-0.25, -0.2) is 4.99 Å². The standard InChI is InChI=1S/C24H24N6OS/c1-30(2)24(25)29-18-7-5-6-17(14-18)28-23(31)22-21(11-13-32-22)27-15-16-10-12-26-20-9-4-3-8-19(16)20/h3-14,27H,15H2,1-2H3,(H2,25,29)(H,28,31). The van der Waals surface area contributed by atoms with Gasteiger partial charge in [-0.2, -0.15) is 0 Å². The summed E-state index contributed by atoms with van der Waals surface area (Å²) in [4.78, 5) is 24.0. The lowest BCUT2D eigenvalue weighted by Gasteiger charge is -2.11. The van der Waals surface area contributed by atoms with Crippen LogP contribution in [0.3, 0.4) is 0 Å². The first-order chi connectivity index (χ1) is 15.5. The van der Waals surface area contributed by atoms with Crippen molar-refractivity contribution in [3.63, 3.8) is 0 Å². The molecule has 0 saturated heterocycles. The lowest BCUT2D eigenvalue weighted by molar-refractivity contribution is 0.103. The zero-order valence-corrected chi connectivity index (χ0v) is 18.7. The van der Waals surface area contributed by atoms with E-state index in [1.54, 1.807) is 17.2 Å². The van der Waals surface area contributed by atoms with E-state index in [1.807, 2.05) is 68.0 Å². The van der Waals surface area contributed by atoms with E-state index in [-0.39, 0.29) is 5.91 Å². The second-order valence-electron chi connectivity index (χ2n) is 7.37. The minimum absolute atomic E-state index is 0.177. The van der Waals surface area contributed by atoms with E-state index in [0.717, 1.165) is 22.2 Å². The molecule has 0 fully saturated rings. The zero-order valence-electron chi connectivity index (χ0n) is 17.9. The fraction of sp³-hybridized carbons (Fsp3) is 0.125. The number of carbonyl (C=O) groups excluding carboxylic acids is 1. The molecule has 162 valence electrons. The van der Waals surface area contributed by atoms with Gasteiger partial charge >= 0.3 is 0 Å². The monoisotopic (exact) mass is 444 g/mol. The Morgan fingerprint density at radius 3 is 2.81 bits per heavy atom. The highest BCUT2D eigenvalue weighted by molar-refractivity contribution is 7.12. The van der Waals surface area contributed by atoms with Crippen molar-refractivity contribution in [1.82, 2.24) is 9.88 Å². The molecule has 2 aromatic heterocycles. The van der Waals surface area contributed by atoms with Crippen LogP contribution >= 0.6 is 11.3 Å². The van der Waals surface area contributed by atoms with Crippen LogP contribution in [-0.4, -0.2) is 35.8 Å². The molecule has 0 radical (unpaired) electrons. The number of carbonyl (C=O) groups is 1. The van der Waals surface area contributed by atoms with Gasteiger partial charge in [0.25, 0.3) is 5.91 Å². The highest BCUT2D eigenvalue weighted by Crippen LogP contribution is 2.26. The van der Waals surface area contributed by atoms with Crippen molar-refractivity contribution in [2.75, 3.05) is 24.7 Å². The SMILES string of the molecule is CN(C)C(N)=Nc1cccc(NC(=O)c2sccc2NCc2ccnc3ccccc23)c1. The van der Waals surface area contributed by atoms with Crippen molar-refractivity contribution < 1.29 is 4.79 Å². The van der Waals surface area contributed by atoms with Gasteiger partial charge in [0.1, 0.15) is 4.88 Å². The van der Waals surface area contributed by atoms with Gasteiger partial charge in [0.05, 0.1) is 16.9 Å². The zero-order chi connectivity index (χ0) is 22.5. The Bertz CT molecular complexity index is 1270. The molecule has 1 amide bonds. The second kappa shape index (κ2) is 9.49. The van der Waals surface area contributed by atoms with Gasteiger partial charge in [0.15, 0.2) is 5.96 Å². The summed E-state index contributed by atoms with van der Waals surface area (Å²) in [6.45, 7) is 0.591. The molecule has 4 N–H and O–H groups in total. The van der Waals surface area contributed by atoms with E-state index < -0.39 is 0 Å². The molecule has 4 aromatic rings. The van der Waals surface area contributed by atoms with Crippen molar-refractivity contribution in [3.8, 4) is 0 Å². The first-order valence-corrected chi connectivity index (χ1v) is 11.0. The lowest BCUT2D eigenvalue weighted by Crippen LogP contribution is -2.29. The van der Waals surface area contributed by atoms with Crippen LogP contribution in [0.1, 0.15) is 15.2 Å². The van der Waals surface area contributed by atoms with Gasteiger partial charge in [0.2, 0.25) is 0 Å². The molecule has 0 aliphatic carbocycles. The summed E-state index contributed by atoms with van der Waals surface area (Å²) in [5.74, 6) is 0.214. The van der Waals surface area contributed by atoms with E-state index in [9.17, 15) is 4.79 Å². The summed E-state index contributed by atoms with van der Waals surface area (Å²) >= 11 is 1.39. The molecule has 0 aliphatic heterocycles. The number of nitrogens with one attached hydrogen (secondary N) is 2. The number of aromatic nitrogens is 1. The number of aliphatic imine (C=N–C) groups is 1. The summed E-state index contributed by atoms with van der Waals surface area (Å²) in [7, 11) is 3.65. The molecule has 2 aromatic carbocycles. The van der Waals surface area contributed by atoms with Crippen molar-refractivity contribution in [2.45, 2.75) is 6.54 Å². The first-order valence-electron chi connectivity index (χ1n) is 10.1. The number of fused-ring (bicyclic) bond motifs is 1.